The lowest BCUT2D eigenvalue weighted by atomic mass is 9.83. The first-order valence-corrected chi connectivity index (χ1v) is 9.53. The molecule has 0 amide bonds. The number of nitrogens with zero attached hydrogens (tertiary/aromatic N) is 2. The summed E-state index contributed by atoms with van der Waals surface area (Å²) in [5.41, 5.74) is 7.40. The van der Waals surface area contributed by atoms with Gasteiger partial charge in [-0.25, -0.2) is 0 Å². The van der Waals surface area contributed by atoms with E-state index in [-0.39, 0.29) is 22.6 Å². The summed E-state index contributed by atoms with van der Waals surface area (Å²) in [4.78, 5) is 13.5. The highest BCUT2D eigenvalue weighted by atomic mass is 16.5. The van der Waals surface area contributed by atoms with E-state index in [0.29, 0.717) is 47.4 Å². The number of aromatic nitrogens is 1. The predicted octanol–water partition coefficient (Wildman–Crippen LogP) is 2.05. The molecule has 164 valence electrons. The summed E-state index contributed by atoms with van der Waals surface area (Å²) >= 11 is 0. The molecule has 0 spiro atoms. The molecular formula is C22H25N3O6. The van der Waals surface area contributed by atoms with Gasteiger partial charge >= 0.3 is 0 Å². The lowest BCUT2D eigenvalue weighted by Gasteiger charge is -2.28. The molecule has 2 heterocycles. The highest BCUT2D eigenvalue weighted by Crippen LogP contribution is 2.48. The van der Waals surface area contributed by atoms with Crippen LogP contribution in [0.2, 0.25) is 0 Å². The molecule has 0 aliphatic carbocycles. The minimum atomic E-state index is -0.814. The molecule has 31 heavy (non-hydrogen) atoms. The summed E-state index contributed by atoms with van der Waals surface area (Å²) in [6.07, 6.45) is 0. The molecule has 1 aromatic heterocycles. The first-order chi connectivity index (χ1) is 14.9. The Hall–Kier alpha value is -3.64. The topological polar surface area (TPSA) is 118 Å². The number of ether oxygens (including phenoxy) is 5. The highest BCUT2D eigenvalue weighted by Gasteiger charge is 2.37. The lowest BCUT2D eigenvalue weighted by molar-refractivity contribution is 0.185. The van der Waals surface area contributed by atoms with E-state index in [2.05, 4.69) is 6.07 Å². The molecule has 1 aliphatic heterocycles. The molecule has 1 aliphatic rings. The van der Waals surface area contributed by atoms with Crippen LogP contribution < -0.4 is 30.2 Å². The fourth-order valence-electron chi connectivity index (χ4n) is 3.81. The number of methoxy groups -OCH3 is 4. The van der Waals surface area contributed by atoms with Crippen molar-refractivity contribution in [1.29, 1.82) is 5.26 Å². The predicted molar refractivity (Wildman–Crippen MR) is 113 cm³/mol. The zero-order valence-electron chi connectivity index (χ0n) is 18.1. The third-order valence-corrected chi connectivity index (χ3v) is 5.25. The maximum atomic E-state index is 13.5. The summed E-state index contributed by atoms with van der Waals surface area (Å²) in [7, 11) is 6.04. The zero-order valence-corrected chi connectivity index (χ0v) is 18.1. The van der Waals surface area contributed by atoms with Crippen LogP contribution in [0.3, 0.4) is 0 Å². The Balaban J connectivity index is 2.36. The van der Waals surface area contributed by atoms with Gasteiger partial charge in [0, 0.05) is 31.0 Å². The second kappa shape index (κ2) is 9.02. The van der Waals surface area contributed by atoms with Gasteiger partial charge in [-0.05, 0) is 13.0 Å². The Bertz CT molecular complexity index is 1130. The van der Waals surface area contributed by atoms with Crippen LogP contribution in [0.5, 0.6) is 23.0 Å². The van der Waals surface area contributed by atoms with Gasteiger partial charge < -0.3 is 34.0 Å². The molecule has 0 saturated carbocycles. The van der Waals surface area contributed by atoms with Crippen molar-refractivity contribution in [1.82, 2.24) is 4.57 Å². The van der Waals surface area contributed by atoms with E-state index in [1.54, 1.807) is 36.8 Å². The van der Waals surface area contributed by atoms with Crippen molar-refractivity contribution < 1.29 is 23.7 Å². The number of aryl methyl sites for hydroxylation is 1. The normalized spacial score (nSPS) is 15.0. The van der Waals surface area contributed by atoms with Crippen LogP contribution in [0.4, 0.5) is 0 Å². The molecule has 9 heteroatoms. The number of fused-ring (bicyclic) bond motifs is 1. The molecule has 0 fully saturated rings. The van der Waals surface area contributed by atoms with Gasteiger partial charge in [0.2, 0.25) is 11.6 Å². The monoisotopic (exact) mass is 427 g/mol. The lowest BCUT2D eigenvalue weighted by Crippen LogP contribution is -2.33. The van der Waals surface area contributed by atoms with Crippen LogP contribution in [-0.2, 0) is 11.3 Å². The van der Waals surface area contributed by atoms with Crippen molar-refractivity contribution >= 4 is 0 Å². The quantitative estimate of drug-likeness (QED) is 0.713. The average Bonchev–Trinajstić information content (AvgIpc) is 2.76. The van der Waals surface area contributed by atoms with Crippen LogP contribution >= 0.6 is 0 Å². The SMILES string of the molecule is COCCn1c(C)cc2c(c1=O)[C@@H](c1ccc(OC)c(OC)c1OC)C(C#N)=C(N)O2. The van der Waals surface area contributed by atoms with Gasteiger partial charge in [0.05, 0.1) is 39.4 Å². The second-order valence-corrected chi connectivity index (χ2v) is 6.86. The maximum Gasteiger partial charge on any atom is 0.258 e. The second-order valence-electron chi connectivity index (χ2n) is 6.86. The van der Waals surface area contributed by atoms with Crippen molar-refractivity contribution in [2.75, 3.05) is 35.0 Å². The average molecular weight is 427 g/mol. The van der Waals surface area contributed by atoms with Crippen LogP contribution in [0, 0.1) is 18.3 Å². The summed E-state index contributed by atoms with van der Waals surface area (Å²) in [5, 5.41) is 9.87. The van der Waals surface area contributed by atoms with Gasteiger partial charge in [-0.3, -0.25) is 4.79 Å². The fourth-order valence-corrected chi connectivity index (χ4v) is 3.81. The third-order valence-electron chi connectivity index (χ3n) is 5.25. The third kappa shape index (κ3) is 3.66. The van der Waals surface area contributed by atoms with Gasteiger partial charge in [0.25, 0.3) is 5.56 Å². The van der Waals surface area contributed by atoms with Crippen molar-refractivity contribution in [2.45, 2.75) is 19.4 Å². The van der Waals surface area contributed by atoms with Gasteiger partial charge in [-0.2, -0.15) is 5.26 Å². The molecule has 0 bridgehead atoms. The van der Waals surface area contributed by atoms with Gasteiger partial charge in [0.15, 0.2) is 11.5 Å². The van der Waals surface area contributed by atoms with E-state index >= 15 is 0 Å². The van der Waals surface area contributed by atoms with Crippen LogP contribution in [0.25, 0.3) is 0 Å². The van der Waals surface area contributed by atoms with E-state index in [9.17, 15) is 10.1 Å². The summed E-state index contributed by atoms with van der Waals surface area (Å²) in [6.45, 7) is 2.51. The summed E-state index contributed by atoms with van der Waals surface area (Å²) < 4.78 is 28.9. The van der Waals surface area contributed by atoms with Gasteiger partial charge in [-0.15, -0.1) is 0 Å². The number of pyridine rings is 1. The van der Waals surface area contributed by atoms with Gasteiger partial charge in [-0.1, -0.05) is 6.07 Å². The zero-order chi connectivity index (χ0) is 22.7. The first-order valence-electron chi connectivity index (χ1n) is 9.53. The van der Waals surface area contributed by atoms with E-state index in [0.717, 1.165) is 0 Å². The number of nitrogens with two attached hydrogens (primary N) is 1. The number of rotatable bonds is 7. The Kier molecular flexibility index (Phi) is 6.42. The summed E-state index contributed by atoms with van der Waals surface area (Å²) in [5.74, 6) is 0.555. The molecule has 0 saturated heterocycles. The maximum absolute atomic E-state index is 13.5. The molecule has 9 nitrogen and oxygen atoms in total. The van der Waals surface area contributed by atoms with Gasteiger partial charge in [0.1, 0.15) is 17.4 Å². The molecule has 2 N–H and O–H groups in total. The minimum absolute atomic E-state index is 0.0646. The standard InChI is InChI=1S/C22H25N3O6/c1-12-10-16-18(22(26)25(12)8-9-27-2)17(14(11-23)21(24)31-16)13-6-7-15(28-3)20(30-5)19(13)29-4/h6-7,10,17H,8-9,24H2,1-5H3/t17-/m0/s1. The summed E-state index contributed by atoms with van der Waals surface area (Å²) in [6, 6.07) is 7.24. The Morgan fingerprint density at radius 2 is 1.87 bits per heavy atom. The largest absolute Gasteiger partial charge is 0.493 e. The Morgan fingerprint density at radius 1 is 1.16 bits per heavy atom. The van der Waals surface area contributed by atoms with E-state index in [1.165, 1.54) is 21.3 Å². The van der Waals surface area contributed by atoms with Crippen molar-refractivity contribution in [3.8, 4) is 29.1 Å². The molecular weight excluding hydrogens is 402 g/mol. The van der Waals surface area contributed by atoms with Crippen molar-refractivity contribution in [3.05, 3.63) is 56.8 Å². The fraction of sp³-hybridized carbons (Fsp3) is 0.364. The van der Waals surface area contributed by atoms with Crippen molar-refractivity contribution in [2.24, 2.45) is 5.73 Å². The number of nitriles is 1. The number of hydrogen-bond donors (Lipinski definition) is 1. The molecule has 0 radical (unpaired) electrons. The van der Waals surface area contributed by atoms with Crippen LogP contribution in [0.1, 0.15) is 22.7 Å². The number of benzene rings is 1. The molecule has 3 rings (SSSR count). The van der Waals surface area contributed by atoms with E-state index in [4.69, 9.17) is 29.4 Å². The highest BCUT2D eigenvalue weighted by molar-refractivity contribution is 5.64. The number of hydrogen-bond acceptors (Lipinski definition) is 8. The smallest absolute Gasteiger partial charge is 0.258 e. The Morgan fingerprint density at radius 3 is 2.45 bits per heavy atom. The molecule has 1 aromatic carbocycles. The minimum Gasteiger partial charge on any atom is -0.493 e. The first kappa shape index (κ1) is 22.1. The van der Waals surface area contributed by atoms with Crippen LogP contribution in [-0.4, -0.2) is 39.6 Å². The van der Waals surface area contributed by atoms with Crippen molar-refractivity contribution in [3.63, 3.8) is 0 Å². The van der Waals surface area contributed by atoms with Crippen LogP contribution in [0.15, 0.2) is 34.4 Å². The molecule has 1 atom stereocenters. The van der Waals surface area contributed by atoms with E-state index < -0.39 is 5.92 Å². The molecule has 2 aromatic rings. The number of allylic oxidation sites excluding steroid dienone is 1. The molecule has 0 unspecified atom stereocenters. The van der Waals surface area contributed by atoms with E-state index in [1.807, 2.05) is 0 Å². The Labute approximate surface area is 180 Å².